The molecule has 0 saturated carbocycles. The van der Waals surface area contributed by atoms with Crippen molar-refractivity contribution in [3.8, 4) is 0 Å². The van der Waals surface area contributed by atoms with Gasteiger partial charge >= 0.3 is 6.03 Å². The predicted octanol–water partition coefficient (Wildman–Crippen LogP) is 1.61. The Bertz CT molecular complexity index is 596. The van der Waals surface area contributed by atoms with Gasteiger partial charge in [-0.05, 0) is 18.1 Å². The molecule has 6 heteroatoms. The Morgan fingerprint density at radius 2 is 1.76 bits per heavy atom. The van der Waals surface area contributed by atoms with E-state index >= 15 is 0 Å². The molecule has 6 nitrogen and oxygen atoms in total. The molecule has 1 aromatic rings. The van der Waals surface area contributed by atoms with Gasteiger partial charge in [0.2, 0.25) is 11.8 Å². The normalized spacial score (nSPS) is 19.0. The fourth-order valence-corrected chi connectivity index (χ4v) is 2.44. The smallest absolute Gasteiger partial charge is 0.335 e. The summed E-state index contributed by atoms with van der Waals surface area (Å²) in [5.74, 6) is -2.04. The second-order valence-corrected chi connectivity index (χ2v) is 5.57. The van der Waals surface area contributed by atoms with Gasteiger partial charge in [0.25, 0.3) is 0 Å². The van der Waals surface area contributed by atoms with E-state index in [9.17, 15) is 14.4 Å². The first-order valence-electron chi connectivity index (χ1n) is 6.79. The third-order valence-electron chi connectivity index (χ3n) is 3.47. The first-order chi connectivity index (χ1) is 9.84. The van der Waals surface area contributed by atoms with Crippen LogP contribution in [0.2, 0.25) is 0 Å². The molecule has 1 N–H and O–H groups in total. The second kappa shape index (κ2) is 5.55. The summed E-state index contributed by atoms with van der Waals surface area (Å²) in [4.78, 5) is 39.4. The molecule has 1 aromatic carbocycles. The van der Waals surface area contributed by atoms with Gasteiger partial charge in [-0.1, -0.05) is 26.0 Å². The van der Waals surface area contributed by atoms with E-state index in [1.807, 2.05) is 31.1 Å². The predicted molar refractivity (Wildman–Crippen MR) is 80.1 cm³/mol. The van der Waals surface area contributed by atoms with Gasteiger partial charge in [-0.2, -0.15) is 0 Å². The lowest BCUT2D eigenvalue weighted by molar-refractivity contribution is -0.136. The maximum absolute atomic E-state index is 12.6. The lowest BCUT2D eigenvalue weighted by Gasteiger charge is -2.33. The Balaban J connectivity index is 2.50. The Labute approximate surface area is 123 Å². The number of benzene rings is 1. The van der Waals surface area contributed by atoms with Gasteiger partial charge in [-0.15, -0.1) is 0 Å². The first-order valence-corrected chi connectivity index (χ1v) is 6.79. The van der Waals surface area contributed by atoms with Crippen molar-refractivity contribution in [1.82, 2.24) is 5.32 Å². The summed E-state index contributed by atoms with van der Waals surface area (Å²) >= 11 is 0. The highest BCUT2D eigenvalue weighted by atomic mass is 16.2. The van der Waals surface area contributed by atoms with E-state index in [2.05, 4.69) is 5.32 Å². The number of hydrogen-bond acceptors (Lipinski definition) is 4. The Hall–Kier alpha value is -2.37. The molecule has 0 bridgehead atoms. The first kappa shape index (κ1) is 15.0. The van der Waals surface area contributed by atoms with Crippen LogP contribution in [0.15, 0.2) is 24.3 Å². The third kappa shape index (κ3) is 2.61. The number of nitrogens with one attached hydrogen (secondary N) is 1. The van der Waals surface area contributed by atoms with Crippen molar-refractivity contribution in [3.05, 3.63) is 24.3 Å². The van der Waals surface area contributed by atoms with Crippen LogP contribution in [0.25, 0.3) is 0 Å². The highest BCUT2D eigenvalue weighted by Gasteiger charge is 2.43. The fourth-order valence-electron chi connectivity index (χ4n) is 2.44. The average Bonchev–Trinajstić information content (AvgIpc) is 2.37. The Kier molecular flexibility index (Phi) is 3.97. The summed E-state index contributed by atoms with van der Waals surface area (Å²) in [5, 5.41) is 2.26. The lowest BCUT2D eigenvalue weighted by atomic mass is 9.91. The minimum absolute atomic E-state index is 0.181. The number of para-hydroxylation sites is 2. The maximum Gasteiger partial charge on any atom is 0.335 e. The molecule has 2 rings (SSSR count). The number of carbonyl (C=O) groups is 3. The quantitative estimate of drug-likeness (QED) is 0.858. The number of nitrogens with zero attached hydrogens (tertiary/aromatic N) is 2. The molecule has 0 radical (unpaired) electrons. The molecule has 1 atom stereocenters. The van der Waals surface area contributed by atoms with E-state index in [0.29, 0.717) is 5.69 Å². The number of rotatable bonds is 3. The van der Waals surface area contributed by atoms with E-state index in [1.165, 1.54) is 0 Å². The molecule has 1 saturated heterocycles. The van der Waals surface area contributed by atoms with Crippen LogP contribution in [-0.4, -0.2) is 31.9 Å². The zero-order valence-corrected chi connectivity index (χ0v) is 12.6. The topological polar surface area (TPSA) is 69.7 Å². The van der Waals surface area contributed by atoms with Crippen LogP contribution < -0.4 is 15.1 Å². The zero-order valence-electron chi connectivity index (χ0n) is 12.6. The van der Waals surface area contributed by atoms with Crippen LogP contribution in [0, 0.1) is 11.8 Å². The fraction of sp³-hybridized carbons (Fsp3) is 0.400. The summed E-state index contributed by atoms with van der Waals surface area (Å²) in [5.41, 5.74) is 1.21. The molecule has 0 spiro atoms. The monoisotopic (exact) mass is 289 g/mol. The molecular formula is C15H19N3O3. The van der Waals surface area contributed by atoms with Crippen LogP contribution in [-0.2, 0) is 9.59 Å². The van der Waals surface area contributed by atoms with Gasteiger partial charge in [0.15, 0.2) is 0 Å². The minimum Gasteiger partial charge on any atom is -0.376 e. The summed E-state index contributed by atoms with van der Waals surface area (Å²) in [7, 11) is 3.66. The van der Waals surface area contributed by atoms with Gasteiger partial charge in [-0.3, -0.25) is 14.9 Å². The Morgan fingerprint density at radius 1 is 1.14 bits per heavy atom. The van der Waals surface area contributed by atoms with Crippen molar-refractivity contribution in [2.45, 2.75) is 13.8 Å². The van der Waals surface area contributed by atoms with Crippen molar-refractivity contribution in [2.75, 3.05) is 23.9 Å². The van der Waals surface area contributed by atoms with Crippen molar-refractivity contribution >= 4 is 29.2 Å². The highest BCUT2D eigenvalue weighted by Crippen LogP contribution is 2.31. The van der Waals surface area contributed by atoms with Crippen molar-refractivity contribution in [3.63, 3.8) is 0 Å². The lowest BCUT2D eigenvalue weighted by Crippen LogP contribution is -2.59. The molecule has 1 aliphatic rings. The molecule has 4 amide bonds. The SMILES string of the molecule is CC(C)C1C(=O)NC(=O)N(c2ccccc2N(C)C)C1=O. The number of hydrogen-bond donors (Lipinski definition) is 1. The summed E-state index contributed by atoms with van der Waals surface area (Å²) in [6, 6.07) is 6.40. The van der Waals surface area contributed by atoms with Crippen LogP contribution >= 0.6 is 0 Å². The van der Waals surface area contributed by atoms with E-state index < -0.39 is 23.8 Å². The maximum atomic E-state index is 12.6. The van der Waals surface area contributed by atoms with Gasteiger partial charge in [0.05, 0.1) is 11.4 Å². The van der Waals surface area contributed by atoms with Crippen LogP contribution in [0.5, 0.6) is 0 Å². The molecule has 1 heterocycles. The zero-order chi connectivity index (χ0) is 15.7. The summed E-state index contributed by atoms with van der Waals surface area (Å²) < 4.78 is 0. The van der Waals surface area contributed by atoms with Crippen LogP contribution in [0.4, 0.5) is 16.2 Å². The van der Waals surface area contributed by atoms with Crippen LogP contribution in [0.1, 0.15) is 13.8 Å². The molecule has 0 aromatic heterocycles. The van der Waals surface area contributed by atoms with Gasteiger partial charge in [-0.25, -0.2) is 9.69 Å². The van der Waals surface area contributed by atoms with Crippen molar-refractivity contribution in [2.24, 2.45) is 11.8 Å². The van der Waals surface area contributed by atoms with E-state index in [0.717, 1.165) is 10.6 Å². The minimum atomic E-state index is -0.849. The molecule has 21 heavy (non-hydrogen) atoms. The van der Waals surface area contributed by atoms with Crippen molar-refractivity contribution < 1.29 is 14.4 Å². The van der Waals surface area contributed by atoms with Crippen molar-refractivity contribution in [1.29, 1.82) is 0 Å². The number of imide groups is 2. The number of urea groups is 1. The molecule has 1 aliphatic heterocycles. The van der Waals surface area contributed by atoms with E-state index in [-0.39, 0.29) is 5.92 Å². The molecule has 1 unspecified atom stereocenters. The number of carbonyl (C=O) groups excluding carboxylic acids is 3. The standard InChI is InChI=1S/C15H19N3O3/c1-9(2)12-13(19)16-15(21)18(14(12)20)11-8-6-5-7-10(11)17(3)4/h5-9,12H,1-4H3,(H,16,19,21). The highest BCUT2D eigenvalue weighted by molar-refractivity contribution is 6.28. The number of barbiturate groups is 1. The second-order valence-electron chi connectivity index (χ2n) is 5.57. The van der Waals surface area contributed by atoms with Crippen LogP contribution in [0.3, 0.4) is 0 Å². The average molecular weight is 289 g/mol. The largest absolute Gasteiger partial charge is 0.376 e. The van der Waals surface area contributed by atoms with E-state index in [4.69, 9.17) is 0 Å². The summed E-state index contributed by atoms with van der Waals surface area (Å²) in [6.07, 6.45) is 0. The van der Waals surface area contributed by atoms with Gasteiger partial charge in [0.1, 0.15) is 5.92 Å². The van der Waals surface area contributed by atoms with Gasteiger partial charge in [0, 0.05) is 14.1 Å². The van der Waals surface area contributed by atoms with Gasteiger partial charge < -0.3 is 4.90 Å². The molecule has 1 fully saturated rings. The molecular weight excluding hydrogens is 270 g/mol. The number of amides is 4. The summed E-state index contributed by atoms with van der Waals surface area (Å²) in [6.45, 7) is 3.57. The van der Waals surface area contributed by atoms with E-state index in [1.54, 1.807) is 26.0 Å². The molecule has 112 valence electrons. The third-order valence-corrected chi connectivity index (χ3v) is 3.47. The molecule has 0 aliphatic carbocycles. The number of anilines is 2. The Morgan fingerprint density at radius 3 is 2.33 bits per heavy atom.